The number of alkyl halides is 3. The van der Waals surface area contributed by atoms with Gasteiger partial charge in [0.2, 0.25) is 0 Å². The van der Waals surface area contributed by atoms with Gasteiger partial charge in [0.25, 0.3) is 0 Å². The van der Waals surface area contributed by atoms with Crippen molar-refractivity contribution < 1.29 is 27.4 Å². The summed E-state index contributed by atoms with van der Waals surface area (Å²) in [5, 5.41) is -0.169. The quantitative estimate of drug-likeness (QED) is 0.389. The van der Waals surface area contributed by atoms with Crippen molar-refractivity contribution in [3.8, 4) is 11.3 Å². The highest BCUT2D eigenvalue weighted by Gasteiger charge is 2.36. The van der Waals surface area contributed by atoms with Crippen LogP contribution in [0.25, 0.3) is 22.3 Å². The third-order valence-electron chi connectivity index (χ3n) is 7.08. The largest absolute Gasteiger partial charge is 0.443 e. The highest BCUT2D eigenvalue weighted by atomic mass is 19.4. The Kier molecular flexibility index (Phi) is 7.21. The van der Waals surface area contributed by atoms with Crippen molar-refractivity contribution in [2.24, 2.45) is 0 Å². The molecule has 3 aromatic rings. The molecule has 0 amide bonds. The predicted molar refractivity (Wildman–Crippen MR) is 137 cm³/mol. The van der Waals surface area contributed by atoms with Gasteiger partial charge in [0, 0.05) is 43.1 Å². The number of pyridine rings is 2. The molecule has 204 valence electrons. The molecule has 0 N–H and O–H groups in total. The molecule has 5 heterocycles. The van der Waals surface area contributed by atoms with Crippen LogP contribution < -0.4 is 0 Å². The molecule has 38 heavy (non-hydrogen) atoms. The van der Waals surface area contributed by atoms with Crippen LogP contribution in [0.15, 0.2) is 30.6 Å². The molecule has 0 spiro atoms. The third-order valence-corrected chi connectivity index (χ3v) is 7.08. The number of aromatic nitrogens is 3. The number of fused-ring (bicyclic) bond motifs is 1. The highest BCUT2D eigenvalue weighted by molar-refractivity contribution is 5.92. The Hall–Kier alpha value is -2.98. The second-order valence-electron chi connectivity index (χ2n) is 11.1. The van der Waals surface area contributed by atoms with Crippen molar-refractivity contribution in [3.05, 3.63) is 47.4 Å². The van der Waals surface area contributed by atoms with Crippen molar-refractivity contribution >= 4 is 17.1 Å². The SMILES string of the molecule is CC(C)(C)OC(=O)n1cc(C(F)(F)F)c2cc(-c3ccc(C4CCOCC4)c(CN4CCCC4)n3)cnc21. The van der Waals surface area contributed by atoms with Gasteiger partial charge in [-0.05, 0) is 83.2 Å². The lowest BCUT2D eigenvalue weighted by Crippen LogP contribution is -2.27. The first-order chi connectivity index (χ1) is 18.0. The zero-order chi connectivity index (χ0) is 27.1. The molecule has 0 saturated carbocycles. The van der Waals surface area contributed by atoms with Crippen molar-refractivity contribution in [1.29, 1.82) is 0 Å². The monoisotopic (exact) mass is 530 g/mol. The topological polar surface area (TPSA) is 69.5 Å². The van der Waals surface area contributed by atoms with Crippen molar-refractivity contribution in [1.82, 2.24) is 19.4 Å². The summed E-state index contributed by atoms with van der Waals surface area (Å²) >= 11 is 0. The van der Waals surface area contributed by atoms with Gasteiger partial charge in [-0.15, -0.1) is 0 Å². The van der Waals surface area contributed by atoms with Crippen molar-refractivity contribution in [3.63, 3.8) is 0 Å². The Morgan fingerprint density at radius 1 is 1.13 bits per heavy atom. The van der Waals surface area contributed by atoms with Gasteiger partial charge in [0.05, 0.1) is 17.0 Å². The molecule has 5 rings (SSSR count). The minimum absolute atomic E-state index is 0.105. The zero-order valence-electron chi connectivity index (χ0n) is 22.0. The first-order valence-corrected chi connectivity index (χ1v) is 13.1. The summed E-state index contributed by atoms with van der Waals surface area (Å²) in [5.41, 5.74) is 1.25. The molecular weight excluding hydrogens is 497 g/mol. The molecule has 2 aliphatic heterocycles. The molecular formula is C28H33F3N4O3. The zero-order valence-corrected chi connectivity index (χ0v) is 22.0. The summed E-state index contributed by atoms with van der Waals surface area (Å²) in [5.74, 6) is 0.350. The summed E-state index contributed by atoms with van der Waals surface area (Å²) in [6.07, 6.45) is 0.806. The summed E-state index contributed by atoms with van der Waals surface area (Å²) in [7, 11) is 0. The van der Waals surface area contributed by atoms with Gasteiger partial charge in [-0.3, -0.25) is 9.88 Å². The van der Waals surface area contributed by atoms with E-state index in [1.807, 2.05) is 6.07 Å². The highest BCUT2D eigenvalue weighted by Crippen LogP contribution is 2.38. The molecule has 10 heteroatoms. The van der Waals surface area contributed by atoms with E-state index in [0.29, 0.717) is 36.9 Å². The normalized spacial score (nSPS) is 17.8. The Balaban J connectivity index is 1.56. The summed E-state index contributed by atoms with van der Waals surface area (Å²) in [6.45, 7) is 9.13. The summed E-state index contributed by atoms with van der Waals surface area (Å²) in [6, 6.07) is 5.34. The second-order valence-corrected chi connectivity index (χ2v) is 11.1. The van der Waals surface area contributed by atoms with Crippen LogP contribution in [-0.4, -0.2) is 57.4 Å². The van der Waals surface area contributed by atoms with E-state index in [0.717, 1.165) is 55.2 Å². The number of nitrogens with zero attached hydrogens (tertiary/aromatic N) is 4. The van der Waals surface area contributed by atoms with Crippen molar-refractivity contribution in [2.45, 2.75) is 70.7 Å². The van der Waals surface area contributed by atoms with Gasteiger partial charge >= 0.3 is 12.3 Å². The van der Waals surface area contributed by atoms with E-state index in [1.54, 1.807) is 20.8 Å². The first-order valence-electron chi connectivity index (χ1n) is 13.1. The van der Waals surface area contributed by atoms with Crippen LogP contribution in [0, 0.1) is 0 Å². The standard InChI is InChI=1S/C28H33F3N4O3/c1-27(2,3)38-26(36)35-16-22(28(29,30)31)21-14-19(15-32-25(21)35)23-7-6-20(18-8-12-37-13-9-18)24(33-23)17-34-10-4-5-11-34/h6-7,14-16,18H,4-5,8-13,17H2,1-3H3. The van der Waals surface area contributed by atoms with Crippen LogP contribution in [0.4, 0.5) is 18.0 Å². The maximum absolute atomic E-state index is 14.0. The number of halogens is 3. The minimum Gasteiger partial charge on any atom is -0.443 e. The van der Waals surface area contributed by atoms with E-state index < -0.39 is 23.4 Å². The van der Waals surface area contributed by atoms with E-state index in [2.05, 4.69) is 16.0 Å². The number of hydrogen-bond donors (Lipinski definition) is 0. The van der Waals surface area contributed by atoms with Gasteiger partial charge in [0.1, 0.15) is 11.2 Å². The lowest BCUT2D eigenvalue weighted by molar-refractivity contribution is -0.136. The maximum atomic E-state index is 14.0. The van der Waals surface area contributed by atoms with Crippen LogP contribution in [0.3, 0.4) is 0 Å². The molecule has 0 aromatic carbocycles. The Labute approximate surface area is 220 Å². The van der Waals surface area contributed by atoms with Gasteiger partial charge in [0.15, 0.2) is 0 Å². The Bertz CT molecular complexity index is 1320. The molecule has 0 atom stereocenters. The molecule has 0 radical (unpaired) electrons. The first kappa shape index (κ1) is 26.6. The Morgan fingerprint density at radius 3 is 2.50 bits per heavy atom. The van der Waals surface area contributed by atoms with Gasteiger partial charge in [-0.25, -0.2) is 14.3 Å². The smallest absolute Gasteiger partial charge is 0.420 e. The lowest BCUT2D eigenvalue weighted by Gasteiger charge is -2.26. The van der Waals surface area contributed by atoms with E-state index >= 15 is 0 Å². The summed E-state index contributed by atoms with van der Waals surface area (Å²) < 4.78 is 53.7. The number of carbonyl (C=O) groups is 1. The number of rotatable bonds is 4. The molecule has 0 unspecified atom stereocenters. The molecule has 3 aromatic heterocycles. The fourth-order valence-electron chi connectivity index (χ4n) is 5.26. The Morgan fingerprint density at radius 2 is 1.84 bits per heavy atom. The minimum atomic E-state index is -4.67. The van der Waals surface area contributed by atoms with Crippen LogP contribution in [-0.2, 0) is 22.2 Å². The number of ether oxygens (including phenoxy) is 2. The van der Waals surface area contributed by atoms with Crippen LogP contribution in [0.1, 0.15) is 69.2 Å². The fourth-order valence-corrected chi connectivity index (χ4v) is 5.26. The third kappa shape index (κ3) is 5.71. The number of carbonyl (C=O) groups excluding carboxylic acids is 1. The maximum Gasteiger partial charge on any atom is 0.420 e. The molecule has 0 bridgehead atoms. The van der Waals surface area contributed by atoms with Crippen LogP contribution in [0.2, 0.25) is 0 Å². The molecule has 2 aliphatic rings. The fraction of sp³-hybridized carbons (Fsp3) is 0.536. The van der Waals surface area contributed by atoms with E-state index in [-0.39, 0.29) is 11.0 Å². The van der Waals surface area contributed by atoms with Crippen LogP contribution in [0.5, 0.6) is 0 Å². The van der Waals surface area contributed by atoms with E-state index in [1.165, 1.54) is 17.8 Å². The number of likely N-dealkylation sites (tertiary alicyclic amines) is 1. The average Bonchev–Trinajstić information content (AvgIpc) is 3.51. The molecule has 0 aliphatic carbocycles. The number of hydrogen-bond acceptors (Lipinski definition) is 6. The molecule has 2 fully saturated rings. The second kappa shape index (κ2) is 10.3. The molecule has 7 nitrogen and oxygen atoms in total. The summed E-state index contributed by atoms with van der Waals surface area (Å²) in [4.78, 5) is 24.3. The van der Waals surface area contributed by atoms with Gasteiger partial charge in [-0.1, -0.05) is 6.07 Å². The van der Waals surface area contributed by atoms with E-state index in [4.69, 9.17) is 14.5 Å². The van der Waals surface area contributed by atoms with Crippen LogP contribution >= 0.6 is 0 Å². The van der Waals surface area contributed by atoms with Gasteiger partial charge in [-0.2, -0.15) is 13.2 Å². The van der Waals surface area contributed by atoms with Gasteiger partial charge < -0.3 is 9.47 Å². The molecule has 2 saturated heterocycles. The average molecular weight is 531 g/mol. The predicted octanol–water partition coefficient (Wildman–Crippen LogP) is 6.39. The lowest BCUT2D eigenvalue weighted by atomic mass is 9.90. The van der Waals surface area contributed by atoms with E-state index in [9.17, 15) is 18.0 Å². The van der Waals surface area contributed by atoms with Crippen molar-refractivity contribution in [2.75, 3.05) is 26.3 Å².